The zero-order valence-corrected chi connectivity index (χ0v) is 12.5. The van der Waals surface area contributed by atoms with Crippen LogP contribution in [-0.4, -0.2) is 24.1 Å². The van der Waals surface area contributed by atoms with Crippen molar-refractivity contribution in [1.29, 1.82) is 0 Å². The second-order valence-corrected chi connectivity index (χ2v) is 4.65. The zero-order chi connectivity index (χ0) is 14.5. The number of ether oxygens (including phenoxy) is 1. The lowest BCUT2D eigenvalue weighted by molar-refractivity contribution is 0.410. The molecule has 4 nitrogen and oxygen atoms in total. The minimum atomic E-state index is 0.673. The van der Waals surface area contributed by atoms with Gasteiger partial charge in [-0.3, -0.25) is 0 Å². The van der Waals surface area contributed by atoms with E-state index in [9.17, 15) is 0 Å². The van der Waals surface area contributed by atoms with Crippen LogP contribution >= 0.6 is 0 Å². The van der Waals surface area contributed by atoms with E-state index in [0.717, 1.165) is 40.6 Å². The van der Waals surface area contributed by atoms with E-state index >= 15 is 0 Å². The first-order chi connectivity index (χ1) is 9.69. The van der Waals surface area contributed by atoms with E-state index in [1.165, 1.54) is 0 Å². The number of nitrogens with zero attached hydrogens (tertiary/aromatic N) is 2. The molecule has 0 fully saturated rings. The van der Waals surface area contributed by atoms with Gasteiger partial charge in [-0.2, -0.15) is 0 Å². The SMILES string of the molecule is CCc1nc(Cc2ccccc2OC)nc(NC)c1C. The van der Waals surface area contributed by atoms with Crippen LogP contribution in [0.3, 0.4) is 0 Å². The molecule has 1 N–H and O–H groups in total. The maximum Gasteiger partial charge on any atom is 0.135 e. The van der Waals surface area contributed by atoms with Crippen molar-refractivity contribution in [3.63, 3.8) is 0 Å². The Morgan fingerprint density at radius 3 is 2.60 bits per heavy atom. The van der Waals surface area contributed by atoms with Crippen molar-refractivity contribution in [1.82, 2.24) is 9.97 Å². The third-order valence-corrected chi connectivity index (χ3v) is 3.41. The van der Waals surface area contributed by atoms with Crippen LogP contribution in [0.4, 0.5) is 5.82 Å². The number of benzene rings is 1. The summed E-state index contributed by atoms with van der Waals surface area (Å²) in [4.78, 5) is 9.26. The van der Waals surface area contributed by atoms with Crippen molar-refractivity contribution in [2.24, 2.45) is 0 Å². The summed E-state index contributed by atoms with van der Waals surface area (Å²) in [5, 5.41) is 3.14. The van der Waals surface area contributed by atoms with Crippen LogP contribution < -0.4 is 10.1 Å². The fourth-order valence-electron chi connectivity index (χ4n) is 2.30. The van der Waals surface area contributed by atoms with Gasteiger partial charge < -0.3 is 10.1 Å². The van der Waals surface area contributed by atoms with Crippen LogP contribution in [-0.2, 0) is 12.8 Å². The Bertz CT molecular complexity index is 571. The molecule has 0 unspecified atom stereocenters. The number of aromatic nitrogens is 2. The minimum absolute atomic E-state index is 0.673. The third-order valence-electron chi connectivity index (χ3n) is 3.41. The highest BCUT2D eigenvalue weighted by atomic mass is 16.5. The molecule has 0 saturated heterocycles. The second kappa shape index (κ2) is 6.37. The monoisotopic (exact) mass is 271 g/mol. The summed E-state index contributed by atoms with van der Waals surface area (Å²) in [6.45, 7) is 4.17. The number of hydrogen-bond acceptors (Lipinski definition) is 4. The molecule has 0 amide bonds. The number of hydrogen-bond donors (Lipinski definition) is 1. The lowest BCUT2D eigenvalue weighted by Gasteiger charge is -2.12. The number of para-hydroxylation sites is 1. The second-order valence-electron chi connectivity index (χ2n) is 4.65. The van der Waals surface area contributed by atoms with E-state index in [-0.39, 0.29) is 0 Å². The van der Waals surface area contributed by atoms with Crippen molar-refractivity contribution in [3.8, 4) is 5.75 Å². The molecule has 1 aromatic carbocycles. The highest BCUT2D eigenvalue weighted by Crippen LogP contribution is 2.22. The normalized spacial score (nSPS) is 10.4. The molecule has 4 heteroatoms. The largest absolute Gasteiger partial charge is 0.496 e. The van der Waals surface area contributed by atoms with Gasteiger partial charge in [-0.25, -0.2) is 9.97 Å². The molecule has 0 radical (unpaired) electrons. The maximum absolute atomic E-state index is 5.38. The lowest BCUT2D eigenvalue weighted by atomic mass is 10.1. The number of rotatable bonds is 5. The Hall–Kier alpha value is -2.10. The van der Waals surface area contributed by atoms with Crippen molar-refractivity contribution in [3.05, 3.63) is 46.9 Å². The van der Waals surface area contributed by atoms with Gasteiger partial charge in [-0.15, -0.1) is 0 Å². The van der Waals surface area contributed by atoms with Crippen LogP contribution in [0.15, 0.2) is 24.3 Å². The summed E-state index contributed by atoms with van der Waals surface area (Å²) in [6, 6.07) is 7.98. The average Bonchev–Trinajstić information content (AvgIpc) is 2.49. The molecular weight excluding hydrogens is 250 g/mol. The highest BCUT2D eigenvalue weighted by molar-refractivity contribution is 5.46. The average molecular weight is 271 g/mol. The first-order valence-electron chi connectivity index (χ1n) is 6.85. The number of nitrogens with one attached hydrogen (secondary N) is 1. The lowest BCUT2D eigenvalue weighted by Crippen LogP contribution is -2.08. The zero-order valence-electron chi connectivity index (χ0n) is 12.5. The maximum atomic E-state index is 5.38. The van der Waals surface area contributed by atoms with Crippen molar-refractivity contribution in [2.45, 2.75) is 26.7 Å². The van der Waals surface area contributed by atoms with Crippen LogP contribution in [0.2, 0.25) is 0 Å². The first-order valence-corrected chi connectivity index (χ1v) is 6.85. The summed E-state index contributed by atoms with van der Waals surface area (Å²) >= 11 is 0. The van der Waals surface area contributed by atoms with Gasteiger partial charge >= 0.3 is 0 Å². The molecule has 2 rings (SSSR count). The molecular formula is C16H21N3O. The van der Waals surface area contributed by atoms with Gasteiger partial charge in [0, 0.05) is 30.3 Å². The number of anilines is 1. The summed E-state index contributed by atoms with van der Waals surface area (Å²) in [5.41, 5.74) is 3.32. The molecule has 0 bridgehead atoms. The molecule has 0 aliphatic rings. The Kier molecular flexibility index (Phi) is 4.56. The van der Waals surface area contributed by atoms with E-state index in [0.29, 0.717) is 6.42 Å². The van der Waals surface area contributed by atoms with E-state index in [1.54, 1.807) is 7.11 Å². The predicted molar refractivity (Wildman–Crippen MR) is 81.5 cm³/mol. The van der Waals surface area contributed by atoms with Gasteiger partial charge in [0.25, 0.3) is 0 Å². The highest BCUT2D eigenvalue weighted by Gasteiger charge is 2.11. The van der Waals surface area contributed by atoms with Crippen LogP contribution in [0, 0.1) is 6.92 Å². The fourth-order valence-corrected chi connectivity index (χ4v) is 2.30. The van der Waals surface area contributed by atoms with Crippen molar-refractivity contribution >= 4 is 5.82 Å². The molecule has 106 valence electrons. The summed E-state index contributed by atoms with van der Waals surface area (Å²) in [7, 11) is 3.58. The first kappa shape index (κ1) is 14.3. The van der Waals surface area contributed by atoms with Crippen LogP contribution in [0.1, 0.15) is 29.6 Å². The molecule has 1 heterocycles. The summed E-state index contributed by atoms with van der Waals surface area (Å²) in [5.74, 6) is 2.60. The van der Waals surface area contributed by atoms with Gasteiger partial charge in [-0.1, -0.05) is 25.1 Å². The van der Waals surface area contributed by atoms with E-state index in [4.69, 9.17) is 4.74 Å². The molecule has 20 heavy (non-hydrogen) atoms. The molecule has 0 aliphatic carbocycles. The van der Waals surface area contributed by atoms with Gasteiger partial charge in [0.2, 0.25) is 0 Å². The summed E-state index contributed by atoms with van der Waals surface area (Å²) < 4.78 is 5.38. The van der Waals surface area contributed by atoms with Gasteiger partial charge in [0.05, 0.1) is 7.11 Å². The standard InChI is InChI=1S/C16H21N3O/c1-5-13-11(2)16(17-3)19-15(18-13)10-12-8-6-7-9-14(12)20-4/h6-9H,5,10H2,1-4H3,(H,17,18,19). The Labute approximate surface area is 120 Å². The third kappa shape index (κ3) is 2.90. The van der Waals surface area contributed by atoms with E-state index < -0.39 is 0 Å². The van der Waals surface area contributed by atoms with Crippen molar-refractivity contribution in [2.75, 3.05) is 19.5 Å². The number of methoxy groups -OCH3 is 1. The Balaban J connectivity index is 2.38. The van der Waals surface area contributed by atoms with E-state index in [1.807, 2.05) is 31.3 Å². The topological polar surface area (TPSA) is 47.0 Å². The van der Waals surface area contributed by atoms with Gasteiger partial charge in [-0.05, 0) is 19.4 Å². The quantitative estimate of drug-likeness (QED) is 0.908. The fraction of sp³-hybridized carbons (Fsp3) is 0.375. The number of aryl methyl sites for hydroxylation is 1. The van der Waals surface area contributed by atoms with Crippen molar-refractivity contribution < 1.29 is 4.74 Å². The predicted octanol–water partition coefficient (Wildman–Crippen LogP) is 2.99. The van der Waals surface area contributed by atoms with Gasteiger partial charge in [0.15, 0.2) is 0 Å². The molecule has 1 aromatic heterocycles. The Morgan fingerprint density at radius 2 is 1.95 bits per heavy atom. The molecule has 0 saturated carbocycles. The molecule has 2 aromatic rings. The van der Waals surface area contributed by atoms with Gasteiger partial charge in [0.1, 0.15) is 17.4 Å². The smallest absolute Gasteiger partial charge is 0.135 e. The van der Waals surface area contributed by atoms with Crippen LogP contribution in [0.25, 0.3) is 0 Å². The van der Waals surface area contributed by atoms with Crippen LogP contribution in [0.5, 0.6) is 5.75 Å². The minimum Gasteiger partial charge on any atom is -0.496 e. The summed E-state index contributed by atoms with van der Waals surface area (Å²) in [6.07, 6.45) is 1.58. The Morgan fingerprint density at radius 1 is 1.20 bits per heavy atom. The molecule has 0 atom stereocenters. The van der Waals surface area contributed by atoms with E-state index in [2.05, 4.69) is 29.1 Å². The molecule has 0 aliphatic heterocycles. The molecule has 0 spiro atoms.